The van der Waals surface area contributed by atoms with Crippen LogP contribution < -0.4 is 5.32 Å². The van der Waals surface area contributed by atoms with Crippen molar-refractivity contribution < 1.29 is 4.42 Å². The molecule has 3 heteroatoms. The van der Waals surface area contributed by atoms with Gasteiger partial charge < -0.3 is 9.73 Å². The summed E-state index contributed by atoms with van der Waals surface area (Å²) < 4.78 is 5.71. The largest absolute Gasteiger partial charge is 0.465 e. The molecule has 1 saturated carbocycles. The maximum atomic E-state index is 5.71. The van der Waals surface area contributed by atoms with Gasteiger partial charge in [0.15, 0.2) is 0 Å². The molecule has 1 fully saturated rings. The Hall–Kier alpha value is -0.800. The second kappa shape index (κ2) is 6.53. The van der Waals surface area contributed by atoms with Crippen LogP contribution in [-0.2, 0) is 6.54 Å². The molecule has 0 amide bonds. The predicted molar refractivity (Wildman–Crippen MR) is 88.4 cm³/mol. The molecule has 1 aliphatic rings. The molecule has 0 radical (unpaired) electrons. The third-order valence-electron chi connectivity index (χ3n) is 4.49. The van der Waals surface area contributed by atoms with Gasteiger partial charge in [0, 0.05) is 18.6 Å². The van der Waals surface area contributed by atoms with Gasteiger partial charge in [-0.3, -0.25) is 4.90 Å². The van der Waals surface area contributed by atoms with Crippen molar-refractivity contribution in [2.45, 2.75) is 65.5 Å². The number of aryl methyl sites for hydroxylation is 1. The summed E-state index contributed by atoms with van der Waals surface area (Å²) in [5, 5.41) is 3.73. The number of nitrogens with one attached hydrogen (secondary N) is 1. The van der Waals surface area contributed by atoms with Gasteiger partial charge in [-0.1, -0.05) is 12.8 Å². The van der Waals surface area contributed by atoms with E-state index in [1.54, 1.807) is 0 Å². The molecular formula is C18H32N2O. The molecule has 3 nitrogen and oxygen atoms in total. The lowest BCUT2D eigenvalue weighted by Crippen LogP contribution is -2.47. The van der Waals surface area contributed by atoms with E-state index in [0.29, 0.717) is 5.41 Å². The van der Waals surface area contributed by atoms with Crippen molar-refractivity contribution in [1.29, 1.82) is 0 Å². The molecule has 2 rings (SSSR count). The van der Waals surface area contributed by atoms with Gasteiger partial charge in [-0.05, 0) is 65.1 Å². The minimum absolute atomic E-state index is 0.201. The molecule has 1 aliphatic carbocycles. The van der Waals surface area contributed by atoms with Crippen molar-refractivity contribution in [3.8, 4) is 0 Å². The molecular weight excluding hydrogens is 260 g/mol. The highest BCUT2D eigenvalue weighted by molar-refractivity contribution is 5.05. The lowest BCUT2D eigenvalue weighted by Gasteiger charge is -2.36. The van der Waals surface area contributed by atoms with E-state index >= 15 is 0 Å². The molecule has 0 unspecified atom stereocenters. The van der Waals surface area contributed by atoms with Gasteiger partial charge in [-0.15, -0.1) is 0 Å². The maximum Gasteiger partial charge on any atom is 0.118 e. The third kappa shape index (κ3) is 5.15. The minimum atomic E-state index is 0.201. The van der Waals surface area contributed by atoms with Crippen molar-refractivity contribution in [2.75, 3.05) is 20.1 Å². The van der Waals surface area contributed by atoms with E-state index < -0.39 is 0 Å². The summed E-state index contributed by atoms with van der Waals surface area (Å²) in [4.78, 5) is 2.42. The van der Waals surface area contributed by atoms with Gasteiger partial charge in [-0.25, -0.2) is 0 Å². The molecule has 1 heterocycles. The van der Waals surface area contributed by atoms with Gasteiger partial charge in [-0.2, -0.15) is 0 Å². The van der Waals surface area contributed by atoms with Crippen LogP contribution in [0.1, 0.15) is 58.0 Å². The Kier molecular flexibility index (Phi) is 5.15. The molecule has 0 saturated heterocycles. The zero-order valence-electron chi connectivity index (χ0n) is 14.5. The van der Waals surface area contributed by atoms with Gasteiger partial charge in [0.2, 0.25) is 0 Å². The summed E-state index contributed by atoms with van der Waals surface area (Å²) in [7, 11) is 2.22. The summed E-state index contributed by atoms with van der Waals surface area (Å²) in [5.74, 6) is 2.08. The van der Waals surface area contributed by atoms with Crippen LogP contribution in [0, 0.1) is 12.3 Å². The third-order valence-corrected chi connectivity index (χ3v) is 4.49. The first-order valence-corrected chi connectivity index (χ1v) is 8.27. The van der Waals surface area contributed by atoms with E-state index in [0.717, 1.165) is 31.2 Å². The molecule has 1 aromatic heterocycles. The highest BCUT2D eigenvalue weighted by Crippen LogP contribution is 2.38. The van der Waals surface area contributed by atoms with Crippen LogP contribution in [0.4, 0.5) is 0 Å². The molecule has 1 N–H and O–H groups in total. The van der Waals surface area contributed by atoms with E-state index in [9.17, 15) is 0 Å². The molecule has 120 valence electrons. The topological polar surface area (TPSA) is 28.4 Å². The van der Waals surface area contributed by atoms with Crippen LogP contribution in [0.2, 0.25) is 0 Å². The average molecular weight is 292 g/mol. The molecule has 1 aromatic rings. The average Bonchev–Trinajstić information content (AvgIpc) is 2.96. The number of hydrogen-bond acceptors (Lipinski definition) is 3. The standard InChI is InChI=1S/C18H32N2O/c1-15-8-9-16(21-15)12-20(5)14-18(10-6-7-11-18)13-19-17(2,3)4/h8-9,19H,6-7,10-14H2,1-5H3. The second-order valence-electron chi connectivity index (χ2n) is 8.00. The Morgan fingerprint density at radius 1 is 1.24 bits per heavy atom. The molecule has 21 heavy (non-hydrogen) atoms. The fourth-order valence-electron chi connectivity index (χ4n) is 3.43. The van der Waals surface area contributed by atoms with Crippen molar-refractivity contribution in [3.63, 3.8) is 0 Å². The van der Waals surface area contributed by atoms with Gasteiger partial charge in [0.1, 0.15) is 11.5 Å². The van der Waals surface area contributed by atoms with Crippen LogP contribution in [0.3, 0.4) is 0 Å². The highest BCUT2D eigenvalue weighted by atomic mass is 16.3. The van der Waals surface area contributed by atoms with Crippen LogP contribution in [0.15, 0.2) is 16.5 Å². The van der Waals surface area contributed by atoms with Crippen LogP contribution in [-0.4, -0.2) is 30.6 Å². The summed E-state index contributed by atoms with van der Waals surface area (Å²) >= 11 is 0. The molecule has 0 aromatic carbocycles. The summed E-state index contributed by atoms with van der Waals surface area (Å²) in [6, 6.07) is 4.15. The molecule has 0 atom stereocenters. The normalized spacial score (nSPS) is 18.6. The van der Waals surface area contributed by atoms with Crippen molar-refractivity contribution >= 4 is 0 Å². The summed E-state index contributed by atoms with van der Waals surface area (Å²) in [6.45, 7) is 12.0. The van der Waals surface area contributed by atoms with Gasteiger partial charge in [0.25, 0.3) is 0 Å². The zero-order valence-corrected chi connectivity index (χ0v) is 14.5. The Labute approximate surface area is 130 Å². The van der Waals surface area contributed by atoms with E-state index in [-0.39, 0.29) is 5.54 Å². The van der Waals surface area contributed by atoms with Crippen LogP contribution in [0.5, 0.6) is 0 Å². The van der Waals surface area contributed by atoms with E-state index in [1.807, 2.05) is 6.92 Å². The lowest BCUT2D eigenvalue weighted by molar-refractivity contribution is 0.150. The Morgan fingerprint density at radius 3 is 2.43 bits per heavy atom. The minimum Gasteiger partial charge on any atom is -0.465 e. The van der Waals surface area contributed by atoms with E-state index in [2.05, 4.69) is 50.2 Å². The smallest absolute Gasteiger partial charge is 0.118 e. The number of furan rings is 1. The number of nitrogens with zero attached hydrogens (tertiary/aromatic N) is 1. The second-order valence-corrected chi connectivity index (χ2v) is 8.00. The number of hydrogen-bond donors (Lipinski definition) is 1. The number of rotatable bonds is 6. The predicted octanol–water partition coefficient (Wildman–Crippen LogP) is 3.97. The fourth-order valence-corrected chi connectivity index (χ4v) is 3.43. The van der Waals surface area contributed by atoms with Crippen LogP contribution in [0.25, 0.3) is 0 Å². The molecule has 0 aliphatic heterocycles. The molecule has 0 bridgehead atoms. The quantitative estimate of drug-likeness (QED) is 0.860. The Morgan fingerprint density at radius 2 is 1.90 bits per heavy atom. The zero-order chi connectivity index (χ0) is 15.5. The van der Waals surface area contributed by atoms with E-state index in [1.165, 1.54) is 25.7 Å². The van der Waals surface area contributed by atoms with Crippen molar-refractivity contribution in [2.24, 2.45) is 5.41 Å². The van der Waals surface area contributed by atoms with Gasteiger partial charge in [0.05, 0.1) is 6.54 Å². The SMILES string of the molecule is Cc1ccc(CN(C)CC2(CNC(C)(C)C)CCCC2)o1. The highest BCUT2D eigenvalue weighted by Gasteiger charge is 2.35. The molecule has 0 spiro atoms. The van der Waals surface area contributed by atoms with Crippen LogP contribution >= 0.6 is 0 Å². The first-order valence-electron chi connectivity index (χ1n) is 8.27. The Bertz CT molecular complexity index is 438. The van der Waals surface area contributed by atoms with E-state index in [4.69, 9.17) is 4.42 Å². The Balaban J connectivity index is 1.92. The first kappa shape index (κ1) is 16.6. The maximum absolute atomic E-state index is 5.71. The van der Waals surface area contributed by atoms with Crippen molar-refractivity contribution in [1.82, 2.24) is 10.2 Å². The lowest BCUT2D eigenvalue weighted by atomic mass is 9.84. The van der Waals surface area contributed by atoms with Gasteiger partial charge >= 0.3 is 0 Å². The monoisotopic (exact) mass is 292 g/mol. The summed E-state index contributed by atoms with van der Waals surface area (Å²) in [5.41, 5.74) is 0.635. The first-order chi connectivity index (χ1) is 9.78. The fraction of sp³-hybridized carbons (Fsp3) is 0.778. The summed E-state index contributed by atoms with van der Waals surface area (Å²) in [6.07, 6.45) is 5.44. The van der Waals surface area contributed by atoms with Crippen molar-refractivity contribution in [3.05, 3.63) is 23.7 Å².